The van der Waals surface area contributed by atoms with Crippen molar-refractivity contribution in [2.24, 2.45) is 0 Å². The average molecular weight is 544 g/mol. The summed E-state index contributed by atoms with van der Waals surface area (Å²) in [7, 11) is 0. The average Bonchev–Trinajstić information content (AvgIpc) is 3.55. The van der Waals surface area contributed by atoms with Crippen LogP contribution in [0, 0.1) is 0 Å². The molecule has 0 spiro atoms. The van der Waals surface area contributed by atoms with Gasteiger partial charge in [0.25, 0.3) is 11.8 Å². The number of pyridine rings is 1. The van der Waals surface area contributed by atoms with Gasteiger partial charge in [0, 0.05) is 49.0 Å². The fourth-order valence-electron chi connectivity index (χ4n) is 6.29. The van der Waals surface area contributed by atoms with Gasteiger partial charge in [-0.1, -0.05) is 12.1 Å². The van der Waals surface area contributed by atoms with E-state index >= 15 is 0 Å². The maximum Gasteiger partial charge on any atom is 0.416 e. The van der Waals surface area contributed by atoms with E-state index in [1.54, 1.807) is 24.4 Å². The van der Waals surface area contributed by atoms with Gasteiger partial charge in [0.1, 0.15) is 5.69 Å². The van der Waals surface area contributed by atoms with Crippen molar-refractivity contribution in [2.75, 3.05) is 19.6 Å². The van der Waals surface area contributed by atoms with Gasteiger partial charge in [0.15, 0.2) is 0 Å². The lowest BCUT2D eigenvalue weighted by atomic mass is 9.89. The van der Waals surface area contributed by atoms with Crippen LogP contribution in [0.5, 0.6) is 0 Å². The molecular weight excluding hydrogens is 511 g/mol. The molecule has 5 rings (SSSR count). The van der Waals surface area contributed by atoms with Crippen LogP contribution in [0.1, 0.15) is 64.9 Å². The number of likely N-dealkylation sites (tertiary alicyclic amines) is 2. The summed E-state index contributed by atoms with van der Waals surface area (Å²) in [6, 6.07) is 10.3. The van der Waals surface area contributed by atoms with E-state index in [1.165, 1.54) is 12.1 Å². The number of benzene rings is 1. The Labute approximate surface area is 224 Å². The summed E-state index contributed by atoms with van der Waals surface area (Å²) in [4.78, 5) is 46.3. The highest BCUT2D eigenvalue weighted by Crippen LogP contribution is 2.36. The molecule has 3 amide bonds. The minimum atomic E-state index is -4.54. The van der Waals surface area contributed by atoms with Crippen LogP contribution < -0.4 is 10.6 Å². The minimum Gasteiger partial charge on any atom is -0.348 e. The van der Waals surface area contributed by atoms with Gasteiger partial charge in [-0.15, -0.1) is 0 Å². The fraction of sp³-hybridized carbons (Fsp3) is 0.500. The second-order valence-electron chi connectivity index (χ2n) is 10.5. The van der Waals surface area contributed by atoms with E-state index in [0.717, 1.165) is 57.2 Å². The Balaban J connectivity index is 1.09. The maximum atomic E-state index is 13.0. The number of halogens is 3. The molecule has 208 valence electrons. The Bertz CT molecular complexity index is 1200. The van der Waals surface area contributed by atoms with E-state index in [2.05, 4.69) is 20.5 Å². The third kappa shape index (κ3) is 6.08. The quantitative estimate of drug-likeness (QED) is 0.584. The number of alkyl halides is 3. The van der Waals surface area contributed by atoms with Crippen LogP contribution in [0.2, 0.25) is 0 Å². The molecule has 0 unspecified atom stereocenters. The van der Waals surface area contributed by atoms with Gasteiger partial charge in [-0.3, -0.25) is 24.3 Å². The molecule has 0 bridgehead atoms. The molecule has 2 atom stereocenters. The molecule has 0 radical (unpaired) electrons. The highest BCUT2D eigenvalue weighted by Gasteiger charge is 2.46. The summed E-state index contributed by atoms with van der Waals surface area (Å²) < 4.78 is 38.9. The summed E-state index contributed by atoms with van der Waals surface area (Å²) in [6.45, 7) is 1.24. The van der Waals surface area contributed by atoms with E-state index in [4.69, 9.17) is 0 Å². The van der Waals surface area contributed by atoms with Crippen LogP contribution in [-0.4, -0.2) is 76.3 Å². The molecule has 1 aromatic carbocycles. The van der Waals surface area contributed by atoms with Crippen LogP contribution in [0.15, 0.2) is 48.7 Å². The van der Waals surface area contributed by atoms with Gasteiger partial charge in [0.05, 0.1) is 12.1 Å². The van der Waals surface area contributed by atoms with Crippen molar-refractivity contribution in [1.82, 2.24) is 25.4 Å². The number of hydrogen-bond donors (Lipinski definition) is 2. The second kappa shape index (κ2) is 11.3. The number of fused-ring (bicyclic) bond motifs is 1. The summed E-state index contributed by atoms with van der Waals surface area (Å²) in [6.07, 6.45) is 2.49. The van der Waals surface area contributed by atoms with Gasteiger partial charge < -0.3 is 15.5 Å². The largest absolute Gasteiger partial charge is 0.416 e. The van der Waals surface area contributed by atoms with Gasteiger partial charge in [0.2, 0.25) is 5.91 Å². The highest BCUT2D eigenvalue weighted by molar-refractivity contribution is 5.96. The van der Waals surface area contributed by atoms with Crippen molar-refractivity contribution in [3.05, 3.63) is 65.5 Å². The van der Waals surface area contributed by atoms with Crippen molar-refractivity contribution in [3.8, 4) is 0 Å². The lowest BCUT2D eigenvalue weighted by Gasteiger charge is -2.37. The Hall–Kier alpha value is -3.47. The molecule has 2 aliphatic heterocycles. The van der Waals surface area contributed by atoms with Crippen LogP contribution in [-0.2, 0) is 11.0 Å². The maximum absolute atomic E-state index is 13.0. The number of rotatable bonds is 6. The first-order valence-corrected chi connectivity index (χ1v) is 13.4. The van der Waals surface area contributed by atoms with E-state index < -0.39 is 17.6 Å². The topological polar surface area (TPSA) is 94.6 Å². The molecule has 2 saturated heterocycles. The highest BCUT2D eigenvalue weighted by atomic mass is 19.4. The number of aromatic nitrogens is 1. The summed E-state index contributed by atoms with van der Waals surface area (Å²) in [5, 5.41) is 5.59. The molecule has 1 aliphatic carbocycles. The number of carbonyl (C=O) groups is 3. The van der Waals surface area contributed by atoms with Crippen LogP contribution in [0.4, 0.5) is 13.2 Å². The SMILES string of the molecule is O=C(NCC(=O)N1CC[C@H]2[C@@H]1CCN2[C@H]1CC[C@H](NC(=O)c2ccccn2)CC1)c1cccc(C(F)(F)F)c1. The summed E-state index contributed by atoms with van der Waals surface area (Å²) >= 11 is 0. The van der Waals surface area contributed by atoms with Gasteiger partial charge >= 0.3 is 6.18 Å². The molecule has 11 heteroatoms. The van der Waals surface area contributed by atoms with Crippen LogP contribution in [0.25, 0.3) is 0 Å². The van der Waals surface area contributed by atoms with Crippen molar-refractivity contribution < 1.29 is 27.6 Å². The summed E-state index contributed by atoms with van der Waals surface area (Å²) in [5.41, 5.74) is -0.612. The normalized spacial score (nSPS) is 25.3. The smallest absolute Gasteiger partial charge is 0.348 e. The monoisotopic (exact) mass is 543 g/mol. The lowest BCUT2D eigenvalue weighted by Crippen LogP contribution is -2.48. The number of nitrogens with zero attached hydrogens (tertiary/aromatic N) is 3. The van der Waals surface area contributed by atoms with E-state index in [0.29, 0.717) is 18.3 Å². The molecule has 2 aromatic rings. The van der Waals surface area contributed by atoms with Gasteiger partial charge in [-0.05, 0) is 68.9 Å². The number of carbonyl (C=O) groups excluding carboxylic acids is 3. The molecule has 3 fully saturated rings. The molecule has 3 aliphatic rings. The number of amides is 3. The lowest BCUT2D eigenvalue weighted by molar-refractivity contribution is -0.137. The standard InChI is InChI=1S/C28H32F3N5O3/c29-28(30,31)19-5-3-4-18(16-19)26(38)33-17-25(37)36-15-12-23-24(36)11-14-35(23)21-9-7-20(8-10-21)34-27(39)22-6-1-2-13-32-22/h1-6,13,16,20-21,23-24H,7-12,14-15,17H2,(H,33,38)(H,34,39)/t20-,21-,23-,24-/m0/s1. The minimum absolute atomic E-state index is 0.0736. The molecule has 8 nitrogen and oxygen atoms in total. The summed E-state index contributed by atoms with van der Waals surface area (Å²) in [5.74, 6) is -1.07. The molecule has 3 heterocycles. The van der Waals surface area contributed by atoms with E-state index in [-0.39, 0.29) is 42.0 Å². The van der Waals surface area contributed by atoms with E-state index in [1.807, 2.05) is 4.90 Å². The van der Waals surface area contributed by atoms with Crippen LogP contribution in [0.3, 0.4) is 0 Å². The molecule has 1 saturated carbocycles. The zero-order valence-electron chi connectivity index (χ0n) is 21.5. The molecule has 39 heavy (non-hydrogen) atoms. The van der Waals surface area contributed by atoms with Crippen LogP contribution >= 0.6 is 0 Å². The van der Waals surface area contributed by atoms with E-state index in [9.17, 15) is 27.6 Å². The predicted molar refractivity (Wildman–Crippen MR) is 137 cm³/mol. The van der Waals surface area contributed by atoms with Crippen molar-refractivity contribution in [3.63, 3.8) is 0 Å². The van der Waals surface area contributed by atoms with Gasteiger partial charge in [-0.25, -0.2) is 0 Å². The zero-order valence-corrected chi connectivity index (χ0v) is 21.5. The zero-order chi connectivity index (χ0) is 27.6. The molecule has 2 N–H and O–H groups in total. The first-order chi connectivity index (χ1) is 18.7. The molecule has 1 aromatic heterocycles. The second-order valence-corrected chi connectivity index (χ2v) is 10.5. The number of nitrogens with one attached hydrogen (secondary N) is 2. The number of hydrogen-bond acceptors (Lipinski definition) is 5. The van der Waals surface area contributed by atoms with Crippen molar-refractivity contribution in [1.29, 1.82) is 0 Å². The third-order valence-electron chi connectivity index (χ3n) is 8.19. The van der Waals surface area contributed by atoms with Crippen molar-refractivity contribution >= 4 is 17.7 Å². The predicted octanol–water partition coefficient (Wildman–Crippen LogP) is 3.25. The first kappa shape index (κ1) is 27.1. The molecular formula is C28H32F3N5O3. The fourth-order valence-corrected chi connectivity index (χ4v) is 6.29. The third-order valence-corrected chi connectivity index (χ3v) is 8.19. The Kier molecular flexibility index (Phi) is 7.88. The van der Waals surface area contributed by atoms with Crippen molar-refractivity contribution in [2.45, 2.75) is 68.9 Å². The Morgan fingerprint density at radius 2 is 1.67 bits per heavy atom. The van der Waals surface area contributed by atoms with Gasteiger partial charge in [-0.2, -0.15) is 13.2 Å². The Morgan fingerprint density at radius 3 is 2.38 bits per heavy atom. The Morgan fingerprint density at radius 1 is 0.897 bits per heavy atom. The first-order valence-electron chi connectivity index (χ1n) is 13.4.